The Labute approximate surface area is 165 Å². The summed E-state index contributed by atoms with van der Waals surface area (Å²) in [5.41, 5.74) is 4.26. The molecule has 2 atom stereocenters. The van der Waals surface area contributed by atoms with E-state index in [0.29, 0.717) is 42.3 Å². The quantitative estimate of drug-likeness (QED) is 0.816. The number of hydrazone groups is 1. The maximum absolute atomic E-state index is 14.0. The van der Waals surface area contributed by atoms with E-state index in [4.69, 9.17) is 21.1 Å². The minimum Gasteiger partial charge on any atom is -0.485 e. The number of amides is 1. The first-order valence-electron chi connectivity index (χ1n) is 8.85. The number of hydrogen-bond acceptors (Lipinski definition) is 6. The van der Waals surface area contributed by atoms with Gasteiger partial charge in [-0.05, 0) is 23.8 Å². The summed E-state index contributed by atoms with van der Waals surface area (Å²) >= 11 is 5.81. The summed E-state index contributed by atoms with van der Waals surface area (Å²) in [6, 6.07) is 6.32. The van der Waals surface area contributed by atoms with Crippen molar-refractivity contribution in [2.45, 2.75) is 18.6 Å². The maximum atomic E-state index is 14.0. The second kappa shape index (κ2) is 8.22. The van der Waals surface area contributed by atoms with Crippen LogP contribution in [0.4, 0.5) is 4.39 Å². The summed E-state index contributed by atoms with van der Waals surface area (Å²) in [5.74, 6) is -0.158. The van der Waals surface area contributed by atoms with Crippen LogP contribution < -0.4 is 15.5 Å². The average molecular weight is 405 g/mol. The van der Waals surface area contributed by atoms with E-state index in [1.54, 1.807) is 24.5 Å². The fourth-order valence-corrected chi connectivity index (χ4v) is 3.32. The first-order valence-corrected chi connectivity index (χ1v) is 9.23. The molecule has 0 radical (unpaired) electrons. The Hall–Kier alpha value is -2.55. The minimum absolute atomic E-state index is 0.0563. The number of hydrogen-bond donors (Lipinski definition) is 2. The SMILES string of the molecule is O=C1CC(c2cnccc2O[C@@H]2CNCCO[C@H]2c2ccc(Cl)c(F)c2)=NN1. The number of aromatic nitrogens is 1. The number of pyridine rings is 1. The Morgan fingerprint density at radius 2 is 2.21 bits per heavy atom. The first-order chi connectivity index (χ1) is 13.6. The van der Waals surface area contributed by atoms with E-state index in [1.165, 1.54) is 12.1 Å². The second-order valence-electron chi connectivity index (χ2n) is 6.47. The molecule has 4 rings (SSSR count). The van der Waals surface area contributed by atoms with Crippen LogP contribution in [-0.4, -0.2) is 42.4 Å². The Bertz CT molecular complexity index is 924. The molecule has 0 bridgehead atoms. The van der Waals surface area contributed by atoms with Crippen LogP contribution in [0.5, 0.6) is 5.75 Å². The van der Waals surface area contributed by atoms with Crippen molar-refractivity contribution in [3.05, 3.63) is 58.6 Å². The van der Waals surface area contributed by atoms with Gasteiger partial charge >= 0.3 is 0 Å². The molecule has 1 amide bonds. The molecule has 1 aromatic heterocycles. The zero-order valence-corrected chi connectivity index (χ0v) is 15.6. The molecule has 3 heterocycles. The van der Waals surface area contributed by atoms with Crippen molar-refractivity contribution < 1.29 is 18.7 Å². The molecule has 0 unspecified atom stereocenters. The number of nitrogens with zero attached hydrogens (tertiary/aromatic N) is 2. The minimum atomic E-state index is -0.506. The van der Waals surface area contributed by atoms with Crippen LogP contribution >= 0.6 is 11.6 Å². The smallest absolute Gasteiger partial charge is 0.246 e. The molecule has 1 fully saturated rings. The molecule has 0 aliphatic carbocycles. The summed E-state index contributed by atoms with van der Waals surface area (Å²) in [6.45, 7) is 1.62. The zero-order valence-electron chi connectivity index (χ0n) is 14.8. The van der Waals surface area contributed by atoms with Gasteiger partial charge < -0.3 is 14.8 Å². The van der Waals surface area contributed by atoms with Gasteiger partial charge in [0.1, 0.15) is 23.8 Å². The van der Waals surface area contributed by atoms with E-state index in [-0.39, 0.29) is 17.4 Å². The number of ether oxygens (including phenoxy) is 2. The first kappa shape index (κ1) is 18.8. The van der Waals surface area contributed by atoms with Crippen molar-refractivity contribution in [3.8, 4) is 5.75 Å². The topological polar surface area (TPSA) is 84.8 Å². The summed E-state index contributed by atoms with van der Waals surface area (Å²) in [4.78, 5) is 15.6. The van der Waals surface area contributed by atoms with E-state index in [1.807, 2.05) is 0 Å². The average Bonchev–Trinajstić information content (AvgIpc) is 2.99. The third kappa shape index (κ3) is 3.99. The van der Waals surface area contributed by atoms with Crippen LogP contribution in [0.2, 0.25) is 5.02 Å². The number of rotatable bonds is 4. The van der Waals surface area contributed by atoms with Crippen molar-refractivity contribution in [3.63, 3.8) is 0 Å². The molecule has 9 heteroatoms. The third-order valence-electron chi connectivity index (χ3n) is 4.55. The van der Waals surface area contributed by atoms with Crippen LogP contribution in [0.1, 0.15) is 23.7 Å². The predicted octanol–water partition coefficient (Wildman–Crippen LogP) is 2.21. The van der Waals surface area contributed by atoms with E-state index in [0.717, 1.165) is 0 Å². The Morgan fingerprint density at radius 3 is 3.00 bits per heavy atom. The van der Waals surface area contributed by atoms with Crippen LogP contribution in [0.15, 0.2) is 41.8 Å². The summed E-state index contributed by atoms with van der Waals surface area (Å²) in [5, 5.41) is 7.36. The lowest BCUT2D eigenvalue weighted by molar-refractivity contribution is -0.119. The number of carbonyl (C=O) groups excluding carboxylic acids is 1. The standard InChI is InChI=1S/C19H18ClFN4O3/c20-13-2-1-11(7-14(13)21)19-17(10-23-5-6-27-19)28-16-3-4-22-9-12(16)15-8-18(26)25-24-15/h1-4,7,9,17,19,23H,5-6,8,10H2,(H,25,26)/t17-,19+/m1/s1. The zero-order chi connectivity index (χ0) is 19.5. The summed E-state index contributed by atoms with van der Waals surface area (Å²) in [6.07, 6.45) is 2.44. The van der Waals surface area contributed by atoms with Gasteiger partial charge in [0.25, 0.3) is 0 Å². The fraction of sp³-hybridized carbons (Fsp3) is 0.316. The lowest BCUT2D eigenvalue weighted by Crippen LogP contribution is -2.34. The monoisotopic (exact) mass is 404 g/mol. The van der Waals surface area contributed by atoms with Gasteiger partial charge in [-0.25, -0.2) is 9.82 Å². The molecule has 2 aromatic rings. The Morgan fingerprint density at radius 1 is 1.32 bits per heavy atom. The van der Waals surface area contributed by atoms with Gasteiger partial charge in [0.15, 0.2) is 0 Å². The van der Waals surface area contributed by atoms with Crippen molar-refractivity contribution in [1.82, 2.24) is 15.7 Å². The highest BCUT2D eigenvalue weighted by atomic mass is 35.5. The largest absolute Gasteiger partial charge is 0.485 e. The van der Waals surface area contributed by atoms with E-state index in [9.17, 15) is 9.18 Å². The van der Waals surface area contributed by atoms with Gasteiger partial charge in [-0.2, -0.15) is 5.10 Å². The molecular weight excluding hydrogens is 387 g/mol. The van der Waals surface area contributed by atoms with Crippen molar-refractivity contribution >= 4 is 23.2 Å². The number of carbonyl (C=O) groups is 1. The van der Waals surface area contributed by atoms with Crippen molar-refractivity contribution in [2.75, 3.05) is 19.7 Å². The predicted molar refractivity (Wildman–Crippen MR) is 101 cm³/mol. The van der Waals surface area contributed by atoms with Crippen LogP contribution in [0, 0.1) is 5.82 Å². The Kier molecular flexibility index (Phi) is 5.52. The Balaban J connectivity index is 1.63. The maximum Gasteiger partial charge on any atom is 0.246 e. The van der Waals surface area contributed by atoms with Gasteiger partial charge in [-0.1, -0.05) is 17.7 Å². The number of halogens is 2. The molecular formula is C19H18ClFN4O3. The highest BCUT2D eigenvalue weighted by Gasteiger charge is 2.30. The molecule has 1 aromatic carbocycles. The van der Waals surface area contributed by atoms with Crippen molar-refractivity contribution in [2.24, 2.45) is 5.10 Å². The molecule has 146 valence electrons. The van der Waals surface area contributed by atoms with Crippen LogP contribution in [0.25, 0.3) is 0 Å². The third-order valence-corrected chi connectivity index (χ3v) is 4.85. The van der Waals surface area contributed by atoms with Crippen molar-refractivity contribution in [1.29, 1.82) is 0 Å². The molecule has 0 saturated carbocycles. The normalized spacial score (nSPS) is 22.4. The molecule has 28 heavy (non-hydrogen) atoms. The van der Waals surface area contributed by atoms with E-state index in [2.05, 4.69) is 20.8 Å². The molecule has 2 N–H and O–H groups in total. The van der Waals surface area contributed by atoms with Gasteiger partial charge in [0.05, 0.1) is 29.3 Å². The molecule has 2 aliphatic rings. The number of nitrogens with one attached hydrogen (secondary N) is 2. The highest BCUT2D eigenvalue weighted by molar-refractivity contribution is 6.30. The lowest BCUT2D eigenvalue weighted by Gasteiger charge is -2.27. The summed E-state index contributed by atoms with van der Waals surface area (Å²) < 4.78 is 26.2. The lowest BCUT2D eigenvalue weighted by atomic mass is 10.0. The number of benzene rings is 1. The summed E-state index contributed by atoms with van der Waals surface area (Å²) in [7, 11) is 0. The van der Waals surface area contributed by atoms with E-state index >= 15 is 0 Å². The molecule has 1 saturated heterocycles. The fourth-order valence-electron chi connectivity index (χ4n) is 3.20. The van der Waals surface area contributed by atoms with Gasteiger partial charge in [0, 0.05) is 25.5 Å². The highest BCUT2D eigenvalue weighted by Crippen LogP contribution is 2.30. The van der Waals surface area contributed by atoms with Gasteiger partial charge in [0.2, 0.25) is 5.91 Å². The van der Waals surface area contributed by atoms with Gasteiger partial charge in [-0.3, -0.25) is 9.78 Å². The second-order valence-corrected chi connectivity index (χ2v) is 6.87. The molecule has 7 nitrogen and oxygen atoms in total. The van der Waals surface area contributed by atoms with Crippen LogP contribution in [0.3, 0.4) is 0 Å². The van der Waals surface area contributed by atoms with E-state index < -0.39 is 18.0 Å². The van der Waals surface area contributed by atoms with Gasteiger partial charge in [-0.15, -0.1) is 0 Å². The molecule has 2 aliphatic heterocycles. The van der Waals surface area contributed by atoms with Crippen LogP contribution in [-0.2, 0) is 9.53 Å². The molecule has 0 spiro atoms.